The molecule has 0 aliphatic rings. The predicted molar refractivity (Wildman–Crippen MR) is 96.1 cm³/mol. The van der Waals surface area contributed by atoms with E-state index in [9.17, 15) is 4.79 Å². The Morgan fingerprint density at radius 3 is 1.82 bits per heavy atom. The minimum atomic E-state index is -0.351. The molecule has 22 heavy (non-hydrogen) atoms. The first-order valence-corrected chi connectivity index (χ1v) is 5.67. The van der Waals surface area contributed by atoms with Gasteiger partial charge in [-0.1, -0.05) is 72.2 Å². The zero-order chi connectivity index (χ0) is 12.8. The fraction of sp³-hybridized carbons (Fsp3) is 0.316. The summed E-state index contributed by atoms with van der Waals surface area (Å²) in [4.78, 5) is 10.6. The quantitative estimate of drug-likeness (QED) is 0.529. The molecule has 3 heteroatoms. The van der Waals surface area contributed by atoms with Gasteiger partial charge in [-0.05, 0) is 23.3 Å². The summed E-state index contributed by atoms with van der Waals surface area (Å²) >= 11 is 0. The Balaban J connectivity index is -0.000000902. The maximum atomic E-state index is 10.6. The molecule has 0 saturated heterocycles. The third-order valence-corrected chi connectivity index (χ3v) is 2.45. The van der Waals surface area contributed by atoms with E-state index in [2.05, 4.69) is 12.1 Å². The number of ether oxygens (including phenoxy) is 2. The zero-order valence-electron chi connectivity index (χ0n) is 10.1. The first-order chi connectivity index (χ1) is 8.75. The summed E-state index contributed by atoms with van der Waals surface area (Å²) < 4.78 is 9.96. The molecule has 0 bridgehead atoms. The lowest BCUT2D eigenvalue weighted by Crippen LogP contribution is -2.06. The molecule has 0 aromatic heterocycles. The highest BCUT2D eigenvalue weighted by atomic mass is 16.7. The number of esters is 1. The molecule has 0 unspecified atom stereocenters. The molecule has 0 fully saturated rings. The van der Waals surface area contributed by atoms with Crippen molar-refractivity contribution >= 4 is 5.97 Å². The first-order valence-electron chi connectivity index (χ1n) is 5.67. The molecule has 2 rings (SSSR count). The average Bonchev–Trinajstić information content (AvgIpc) is 2.40. The Hall–Kier alpha value is -2.29. The van der Waals surface area contributed by atoms with Gasteiger partial charge in [0.25, 0.3) is 0 Å². The molecule has 2 aromatic carbocycles. The first kappa shape index (κ1) is 24.7. The molecule has 0 atom stereocenters. The molecule has 0 radical (unpaired) electrons. The number of hydrogen-bond acceptors (Lipinski definition) is 3. The van der Waals surface area contributed by atoms with Crippen molar-refractivity contribution in [1.29, 1.82) is 0 Å². The van der Waals surface area contributed by atoms with Crippen molar-refractivity contribution in [2.75, 3.05) is 6.79 Å². The van der Waals surface area contributed by atoms with E-state index in [1.165, 1.54) is 6.92 Å². The van der Waals surface area contributed by atoms with Gasteiger partial charge in [0, 0.05) is 6.92 Å². The van der Waals surface area contributed by atoms with Gasteiger partial charge in [-0.3, -0.25) is 4.79 Å². The van der Waals surface area contributed by atoms with E-state index in [-0.39, 0.29) is 42.5 Å². The topological polar surface area (TPSA) is 35.5 Å². The highest BCUT2D eigenvalue weighted by Crippen LogP contribution is 2.21. The van der Waals surface area contributed by atoms with Crippen molar-refractivity contribution in [3.8, 4) is 16.9 Å². The summed E-state index contributed by atoms with van der Waals surface area (Å²) in [5.74, 6) is 0.326. The van der Waals surface area contributed by atoms with Crippen LogP contribution >= 0.6 is 0 Å². The third-order valence-electron chi connectivity index (χ3n) is 2.45. The summed E-state index contributed by atoms with van der Waals surface area (Å²) in [6.07, 6.45) is 0. The lowest BCUT2D eigenvalue weighted by Gasteiger charge is -2.07. The fourth-order valence-corrected chi connectivity index (χ4v) is 1.55. The van der Waals surface area contributed by atoms with Crippen LogP contribution in [0.2, 0.25) is 0 Å². The van der Waals surface area contributed by atoms with E-state index in [0.717, 1.165) is 11.1 Å². The number of rotatable bonds is 4. The van der Waals surface area contributed by atoms with Crippen LogP contribution < -0.4 is 4.74 Å². The van der Waals surface area contributed by atoms with E-state index in [0.29, 0.717) is 5.75 Å². The Morgan fingerprint density at radius 2 is 1.32 bits per heavy atom. The molecule has 0 aliphatic heterocycles. The maximum Gasteiger partial charge on any atom is 0.305 e. The molecule has 0 saturated carbocycles. The lowest BCUT2D eigenvalue weighted by atomic mass is 10.1. The minimum absolute atomic E-state index is 0. The normalized spacial score (nSPS) is 8.05. The molecule has 0 amide bonds. The van der Waals surface area contributed by atoms with Gasteiger partial charge < -0.3 is 9.47 Å². The molecule has 124 valence electrons. The van der Waals surface area contributed by atoms with Crippen LogP contribution in [0.5, 0.6) is 5.75 Å². The van der Waals surface area contributed by atoms with Crippen molar-refractivity contribution in [1.82, 2.24) is 0 Å². The van der Waals surface area contributed by atoms with Crippen LogP contribution in [-0.4, -0.2) is 12.8 Å². The van der Waals surface area contributed by atoms with Gasteiger partial charge in [0.15, 0.2) is 0 Å². The van der Waals surface area contributed by atoms with E-state index >= 15 is 0 Å². The minimum Gasteiger partial charge on any atom is -0.457 e. The van der Waals surface area contributed by atoms with Crippen LogP contribution in [0.25, 0.3) is 11.1 Å². The van der Waals surface area contributed by atoms with Crippen LogP contribution in [-0.2, 0) is 9.53 Å². The van der Waals surface area contributed by atoms with Crippen molar-refractivity contribution < 1.29 is 14.3 Å². The number of carbonyl (C=O) groups excluding carboxylic acids is 1. The van der Waals surface area contributed by atoms with E-state index < -0.39 is 0 Å². The number of benzene rings is 2. The van der Waals surface area contributed by atoms with Crippen LogP contribution in [0, 0.1) is 0 Å². The molecule has 2 aromatic rings. The predicted octanol–water partition coefficient (Wildman–Crippen LogP) is 5.80. The molecule has 0 heterocycles. The molecule has 0 spiro atoms. The van der Waals surface area contributed by atoms with E-state index in [4.69, 9.17) is 9.47 Å². The van der Waals surface area contributed by atoms with Gasteiger partial charge in [0.2, 0.25) is 6.79 Å². The van der Waals surface area contributed by atoms with Gasteiger partial charge >= 0.3 is 5.97 Å². The highest BCUT2D eigenvalue weighted by Gasteiger charge is 1.98. The van der Waals surface area contributed by atoms with Crippen LogP contribution in [0.4, 0.5) is 0 Å². The van der Waals surface area contributed by atoms with Gasteiger partial charge in [0.1, 0.15) is 5.75 Å². The Labute approximate surface area is 135 Å². The maximum absolute atomic E-state index is 10.6. The molecular weight excluding hydrogens is 276 g/mol. The molecule has 3 nitrogen and oxygen atoms in total. The third kappa shape index (κ3) is 7.48. The lowest BCUT2D eigenvalue weighted by molar-refractivity contribution is -0.147. The SMILES string of the molecule is C.C.C.C.CC(=O)OCOc1ccc(-c2ccccc2)cc1. The number of carbonyl (C=O) groups is 1. The largest absolute Gasteiger partial charge is 0.457 e. The highest BCUT2D eigenvalue weighted by molar-refractivity contribution is 5.66. The van der Waals surface area contributed by atoms with Crippen molar-refractivity contribution in [2.24, 2.45) is 0 Å². The standard InChI is InChI=1S/C15H14O3.4CH4/c1-12(16)17-11-18-15-9-7-14(8-10-15)13-5-3-2-4-6-13;;;;/h2-10H,11H2,1H3;4*1H4. The van der Waals surface area contributed by atoms with Crippen LogP contribution in [0.1, 0.15) is 36.6 Å². The van der Waals surface area contributed by atoms with Gasteiger partial charge in [-0.15, -0.1) is 0 Å². The second-order valence-electron chi connectivity index (χ2n) is 3.79. The van der Waals surface area contributed by atoms with E-state index in [1.807, 2.05) is 42.5 Å². The Kier molecular flexibility index (Phi) is 14.0. The average molecular weight is 306 g/mol. The Bertz CT molecular complexity index is 504. The summed E-state index contributed by atoms with van der Waals surface area (Å²) in [6.45, 7) is 1.29. The zero-order valence-corrected chi connectivity index (χ0v) is 10.1. The molecule has 0 aliphatic carbocycles. The monoisotopic (exact) mass is 306 g/mol. The van der Waals surface area contributed by atoms with Gasteiger partial charge in [-0.2, -0.15) is 0 Å². The summed E-state index contributed by atoms with van der Waals surface area (Å²) in [5.41, 5.74) is 2.28. The van der Waals surface area contributed by atoms with E-state index in [1.54, 1.807) is 0 Å². The number of hydrogen-bond donors (Lipinski definition) is 0. The van der Waals surface area contributed by atoms with Gasteiger partial charge in [-0.25, -0.2) is 0 Å². The summed E-state index contributed by atoms with van der Waals surface area (Å²) in [6, 6.07) is 17.7. The van der Waals surface area contributed by atoms with Crippen LogP contribution in [0.3, 0.4) is 0 Å². The fourth-order valence-electron chi connectivity index (χ4n) is 1.55. The summed E-state index contributed by atoms with van der Waals surface area (Å²) in [5, 5.41) is 0. The Morgan fingerprint density at radius 1 is 0.818 bits per heavy atom. The van der Waals surface area contributed by atoms with Crippen molar-refractivity contribution in [3.63, 3.8) is 0 Å². The van der Waals surface area contributed by atoms with Crippen LogP contribution in [0.15, 0.2) is 54.6 Å². The second kappa shape index (κ2) is 12.5. The van der Waals surface area contributed by atoms with Crippen molar-refractivity contribution in [2.45, 2.75) is 36.6 Å². The smallest absolute Gasteiger partial charge is 0.305 e. The van der Waals surface area contributed by atoms with Gasteiger partial charge in [0.05, 0.1) is 0 Å². The summed E-state index contributed by atoms with van der Waals surface area (Å²) in [7, 11) is 0. The van der Waals surface area contributed by atoms with Crippen molar-refractivity contribution in [3.05, 3.63) is 54.6 Å². The second-order valence-corrected chi connectivity index (χ2v) is 3.79. The molecular formula is C19H30O3. The molecule has 0 N–H and O–H groups in total.